The van der Waals surface area contributed by atoms with Gasteiger partial charge < -0.3 is 19.3 Å². The van der Waals surface area contributed by atoms with Crippen LogP contribution < -0.4 is 0 Å². The van der Waals surface area contributed by atoms with Crippen LogP contribution in [0.5, 0.6) is 0 Å². The van der Waals surface area contributed by atoms with Gasteiger partial charge in [-0.2, -0.15) is 0 Å². The van der Waals surface area contributed by atoms with Crippen molar-refractivity contribution in [2.75, 3.05) is 46.6 Å². The molecule has 0 N–H and O–H groups in total. The van der Waals surface area contributed by atoms with E-state index in [0.29, 0.717) is 6.42 Å². The van der Waals surface area contributed by atoms with Gasteiger partial charge in [0.1, 0.15) is 0 Å². The second-order valence-corrected chi connectivity index (χ2v) is 8.89. The van der Waals surface area contributed by atoms with E-state index in [2.05, 4.69) is 16.8 Å². The van der Waals surface area contributed by atoms with Crippen molar-refractivity contribution < 1.29 is 19.1 Å². The summed E-state index contributed by atoms with van der Waals surface area (Å²) < 4.78 is 9.97. The minimum Gasteiger partial charge on any atom is -0.428 e. The predicted molar refractivity (Wildman–Crippen MR) is 101 cm³/mol. The second kappa shape index (κ2) is 9.70. The summed E-state index contributed by atoms with van der Waals surface area (Å²) >= 11 is 0. The van der Waals surface area contributed by atoms with Crippen LogP contribution in [0.2, 0.25) is 0 Å². The quantitative estimate of drug-likeness (QED) is 0.530. The molecule has 0 aromatic rings. The number of hydrogen-bond donors (Lipinski definition) is 0. The van der Waals surface area contributed by atoms with Gasteiger partial charge in [0.05, 0.1) is 11.8 Å². The lowest BCUT2D eigenvalue weighted by atomic mass is 9.79. The molecule has 2 aliphatic heterocycles. The predicted octanol–water partition coefficient (Wildman–Crippen LogP) is 2.52. The number of likely N-dealkylation sites (tertiary alicyclic amines) is 2. The van der Waals surface area contributed by atoms with Crippen molar-refractivity contribution in [3.8, 4) is 0 Å². The fourth-order valence-electron chi connectivity index (χ4n) is 3.83. The van der Waals surface area contributed by atoms with Gasteiger partial charge in [0.25, 0.3) is 0 Å². The Morgan fingerprint density at radius 1 is 0.923 bits per heavy atom. The number of ether oxygens (including phenoxy) is 2. The van der Waals surface area contributed by atoms with Gasteiger partial charge in [0.2, 0.25) is 6.79 Å². The van der Waals surface area contributed by atoms with Crippen LogP contribution in [0.3, 0.4) is 0 Å². The molecule has 0 aliphatic carbocycles. The monoisotopic (exact) mass is 368 g/mol. The van der Waals surface area contributed by atoms with E-state index in [4.69, 9.17) is 9.47 Å². The molecule has 0 atom stereocenters. The summed E-state index contributed by atoms with van der Waals surface area (Å²) in [4.78, 5) is 28.2. The fraction of sp³-hybridized carbons (Fsp3) is 0.900. The average Bonchev–Trinajstić information content (AvgIpc) is 2.60. The van der Waals surface area contributed by atoms with Crippen molar-refractivity contribution in [3.05, 3.63) is 0 Å². The normalized spacial score (nSPS) is 21.5. The fourth-order valence-corrected chi connectivity index (χ4v) is 3.83. The van der Waals surface area contributed by atoms with Gasteiger partial charge >= 0.3 is 11.9 Å². The van der Waals surface area contributed by atoms with E-state index < -0.39 is 5.41 Å². The lowest BCUT2D eigenvalue weighted by molar-refractivity contribution is -0.173. The highest BCUT2D eigenvalue weighted by Gasteiger charge is 2.29. The molecular weight excluding hydrogens is 332 g/mol. The molecule has 0 bridgehead atoms. The van der Waals surface area contributed by atoms with Crippen LogP contribution >= 0.6 is 0 Å². The minimum absolute atomic E-state index is 0.285. The molecule has 6 heteroatoms. The number of carbonyl (C=O) groups is 2. The second-order valence-electron chi connectivity index (χ2n) is 8.89. The molecule has 0 radical (unpaired) electrons. The average molecular weight is 369 g/mol. The van der Waals surface area contributed by atoms with E-state index in [1.165, 1.54) is 38.8 Å². The van der Waals surface area contributed by atoms with E-state index in [1.807, 2.05) is 0 Å². The summed E-state index contributed by atoms with van der Waals surface area (Å²) in [5.74, 6) is 1.07. The Balaban J connectivity index is 1.56. The third kappa shape index (κ3) is 6.88. The first kappa shape index (κ1) is 21.2. The van der Waals surface area contributed by atoms with Crippen molar-refractivity contribution in [1.29, 1.82) is 0 Å². The number of hydrogen-bond acceptors (Lipinski definition) is 6. The van der Waals surface area contributed by atoms with Crippen LogP contribution in [-0.2, 0) is 19.1 Å². The summed E-state index contributed by atoms with van der Waals surface area (Å²) in [5.41, 5.74) is -0.579. The highest BCUT2D eigenvalue weighted by molar-refractivity contribution is 5.75. The van der Waals surface area contributed by atoms with Crippen molar-refractivity contribution >= 4 is 11.9 Å². The van der Waals surface area contributed by atoms with E-state index in [0.717, 1.165) is 31.5 Å². The Hall–Kier alpha value is -1.14. The molecule has 2 heterocycles. The highest BCUT2D eigenvalue weighted by atomic mass is 16.7. The lowest BCUT2D eigenvalue weighted by Gasteiger charge is -2.39. The van der Waals surface area contributed by atoms with Crippen LogP contribution in [0.15, 0.2) is 0 Å². The Labute approximate surface area is 158 Å². The van der Waals surface area contributed by atoms with Gasteiger partial charge in [-0.05, 0) is 91.5 Å². The van der Waals surface area contributed by atoms with Crippen molar-refractivity contribution in [3.63, 3.8) is 0 Å². The minimum atomic E-state index is -0.579. The number of esters is 2. The van der Waals surface area contributed by atoms with Gasteiger partial charge in [0, 0.05) is 6.54 Å². The molecule has 0 aromatic heterocycles. The first-order valence-electron chi connectivity index (χ1n) is 9.99. The Morgan fingerprint density at radius 2 is 1.46 bits per heavy atom. The van der Waals surface area contributed by atoms with E-state index >= 15 is 0 Å². The van der Waals surface area contributed by atoms with Crippen molar-refractivity contribution in [2.24, 2.45) is 17.3 Å². The Morgan fingerprint density at radius 3 is 2.00 bits per heavy atom. The summed E-state index contributed by atoms with van der Waals surface area (Å²) in [7, 11) is 2.21. The van der Waals surface area contributed by atoms with E-state index in [1.54, 1.807) is 20.8 Å². The molecule has 150 valence electrons. The Kier molecular flexibility index (Phi) is 7.89. The van der Waals surface area contributed by atoms with Crippen LogP contribution in [0.25, 0.3) is 0 Å². The summed E-state index contributed by atoms with van der Waals surface area (Å²) in [5, 5.41) is 0. The zero-order chi connectivity index (χ0) is 19.2. The van der Waals surface area contributed by atoms with Crippen LogP contribution in [0.1, 0.15) is 52.9 Å². The van der Waals surface area contributed by atoms with Crippen molar-refractivity contribution in [2.45, 2.75) is 52.9 Å². The summed E-state index contributed by atoms with van der Waals surface area (Å²) in [6, 6.07) is 0. The molecule has 0 unspecified atom stereocenters. The largest absolute Gasteiger partial charge is 0.428 e. The van der Waals surface area contributed by atoms with Gasteiger partial charge in [-0.25, -0.2) is 0 Å². The Bertz CT molecular complexity index is 459. The zero-order valence-electron chi connectivity index (χ0n) is 17.0. The first-order valence-corrected chi connectivity index (χ1v) is 9.99. The molecule has 2 fully saturated rings. The smallest absolute Gasteiger partial charge is 0.314 e. The topological polar surface area (TPSA) is 59.1 Å². The SMILES string of the molecule is CN1CCC(C2CCN(CCC(=O)OCOC(=O)C(C)(C)C)CC2)CC1. The number of rotatable bonds is 6. The highest BCUT2D eigenvalue weighted by Crippen LogP contribution is 2.32. The van der Waals surface area contributed by atoms with E-state index in [-0.39, 0.29) is 18.7 Å². The molecule has 2 saturated heterocycles. The van der Waals surface area contributed by atoms with Gasteiger partial charge in [0.15, 0.2) is 0 Å². The van der Waals surface area contributed by atoms with Crippen LogP contribution in [0, 0.1) is 17.3 Å². The summed E-state index contributed by atoms with van der Waals surface area (Å²) in [6.45, 7) is 10.4. The molecule has 0 spiro atoms. The molecule has 26 heavy (non-hydrogen) atoms. The number of piperidine rings is 2. The maximum atomic E-state index is 11.8. The maximum Gasteiger partial charge on any atom is 0.314 e. The van der Waals surface area contributed by atoms with Crippen LogP contribution in [0.4, 0.5) is 0 Å². The van der Waals surface area contributed by atoms with Gasteiger partial charge in [-0.3, -0.25) is 9.59 Å². The molecular formula is C20H36N2O4. The van der Waals surface area contributed by atoms with Crippen LogP contribution in [-0.4, -0.2) is 68.3 Å². The van der Waals surface area contributed by atoms with E-state index in [9.17, 15) is 9.59 Å². The standard InChI is InChI=1S/C20H36N2O4/c1-20(2,3)19(24)26-15-25-18(23)9-14-22-12-7-17(8-13-22)16-5-10-21(4)11-6-16/h16-17H,5-15H2,1-4H3. The molecule has 0 aromatic carbocycles. The van der Waals surface area contributed by atoms with Gasteiger partial charge in [-0.1, -0.05) is 0 Å². The lowest BCUT2D eigenvalue weighted by Crippen LogP contribution is -2.40. The maximum absolute atomic E-state index is 11.8. The molecule has 6 nitrogen and oxygen atoms in total. The molecule has 0 saturated carbocycles. The zero-order valence-corrected chi connectivity index (χ0v) is 17.0. The third-order valence-electron chi connectivity index (χ3n) is 5.72. The summed E-state index contributed by atoms with van der Waals surface area (Å²) in [6.07, 6.45) is 5.51. The third-order valence-corrected chi connectivity index (χ3v) is 5.72. The first-order chi connectivity index (χ1) is 12.3. The number of carbonyl (C=O) groups excluding carboxylic acids is 2. The molecule has 2 aliphatic rings. The molecule has 0 amide bonds. The van der Waals surface area contributed by atoms with Crippen molar-refractivity contribution in [1.82, 2.24) is 9.80 Å². The van der Waals surface area contributed by atoms with Gasteiger partial charge in [-0.15, -0.1) is 0 Å². The number of nitrogens with zero attached hydrogens (tertiary/aromatic N) is 2. The molecule has 2 rings (SSSR count).